The van der Waals surface area contributed by atoms with Crippen molar-refractivity contribution >= 4 is 28.7 Å². The van der Waals surface area contributed by atoms with Crippen LogP contribution in [-0.4, -0.2) is 42.1 Å². The molecule has 1 aliphatic rings. The molecule has 4 rings (SSSR count). The van der Waals surface area contributed by atoms with E-state index < -0.39 is 15.8 Å². The zero-order valence-electron chi connectivity index (χ0n) is 17.6. The van der Waals surface area contributed by atoms with Gasteiger partial charge < -0.3 is 19.4 Å². The Morgan fingerprint density at radius 3 is 2.39 bits per heavy atom. The Hall–Kier alpha value is -4.25. The number of hydrogen-bond donors (Lipinski definition) is 1. The summed E-state index contributed by atoms with van der Waals surface area (Å²) in [5.74, 6) is -0.551. The molecule has 1 aromatic heterocycles. The SMILES string of the molecule is Cc1ccc(-c2ccc(C(=O)Nc3ccc(N4CCOCC4)c([N+](=O)[O-])c3)o2)c([N+](=O)[O-])c1. The molecule has 170 valence electrons. The van der Waals surface area contributed by atoms with Crippen molar-refractivity contribution < 1.29 is 23.8 Å². The third kappa shape index (κ3) is 4.67. The number of carbonyl (C=O) groups is 1. The van der Waals surface area contributed by atoms with Crippen molar-refractivity contribution in [3.63, 3.8) is 0 Å². The number of hydrogen-bond acceptors (Lipinski definition) is 8. The van der Waals surface area contributed by atoms with Crippen LogP contribution in [0.5, 0.6) is 0 Å². The molecule has 3 aromatic rings. The molecule has 11 nitrogen and oxygen atoms in total. The number of benzene rings is 2. The van der Waals surface area contributed by atoms with E-state index in [1.165, 1.54) is 24.3 Å². The minimum Gasteiger partial charge on any atom is -0.451 e. The molecular weight excluding hydrogens is 432 g/mol. The summed E-state index contributed by atoms with van der Waals surface area (Å²) in [6.45, 7) is 3.77. The van der Waals surface area contributed by atoms with Crippen LogP contribution in [0.2, 0.25) is 0 Å². The molecule has 0 atom stereocenters. The molecule has 11 heteroatoms. The molecule has 1 saturated heterocycles. The van der Waals surface area contributed by atoms with Crippen LogP contribution in [-0.2, 0) is 4.74 Å². The van der Waals surface area contributed by atoms with Crippen LogP contribution in [0.15, 0.2) is 52.9 Å². The van der Waals surface area contributed by atoms with Crippen molar-refractivity contribution in [2.45, 2.75) is 6.92 Å². The van der Waals surface area contributed by atoms with E-state index in [9.17, 15) is 25.0 Å². The van der Waals surface area contributed by atoms with Gasteiger partial charge in [0.1, 0.15) is 11.4 Å². The molecule has 0 bridgehead atoms. The quantitative estimate of drug-likeness (QED) is 0.434. The van der Waals surface area contributed by atoms with E-state index in [2.05, 4.69) is 5.32 Å². The summed E-state index contributed by atoms with van der Waals surface area (Å²) >= 11 is 0. The predicted octanol–water partition coefficient (Wildman–Crippen LogP) is 4.16. The van der Waals surface area contributed by atoms with Crippen LogP contribution in [0, 0.1) is 27.2 Å². The fourth-order valence-electron chi connectivity index (χ4n) is 3.62. The van der Waals surface area contributed by atoms with Gasteiger partial charge >= 0.3 is 0 Å². The molecule has 1 N–H and O–H groups in total. The van der Waals surface area contributed by atoms with Gasteiger partial charge in [-0.2, -0.15) is 0 Å². The normalized spacial score (nSPS) is 13.5. The van der Waals surface area contributed by atoms with Crippen LogP contribution in [0.3, 0.4) is 0 Å². The van der Waals surface area contributed by atoms with Gasteiger partial charge in [0.05, 0.1) is 28.6 Å². The third-order valence-corrected chi connectivity index (χ3v) is 5.23. The molecule has 33 heavy (non-hydrogen) atoms. The lowest BCUT2D eigenvalue weighted by Gasteiger charge is -2.28. The van der Waals surface area contributed by atoms with Gasteiger partial charge in [-0.05, 0) is 42.8 Å². The highest BCUT2D eigenvalue weighted by Gasteiger charge is 2.24. The molecule has 0 saturated carbocycles. The van der Waals surface area contributed by atoms with Crippen LogP contribution in [0.1, 0.15) is 16.1 Å². The average molecular weight is 452 g/mol. The molecule has 0 aliphatic carbocycles. The van der Waals surface area contributed by atoms with E-state index in [0.29, 0.717) is 32.0 Å². The molecule has 0 radical (unpaired) electrons. The molecule has 1 fully saturated rings. The summed E-state index contributed by atoms with van der Waals surface area (Å²) < 4.78 is 10.8. The number of ether oxygens (including phenoxy) is 1. The minimum atomic E-state index is -0.635. The first kappa shape index (κ1) is 22.0. The van der Waals surface area contributed by atoms with Crippen LogP contribution in [0.4, 0.5) is 22.7 Å². The number of nitro groups is 2. The lowest BCUT2D eigenvalue weighted by molar-refractivity contribution is -0.384. The van der Waals surface area contributed by atoms with E-state index in [4.69, 9.17) is 9.15 Å². The van der Waals surface area contributed by atoms with Crippen LogP contribution >= 0.6 is 0 Å². The van der Waals surface area contributed by atoms with Crippen molar-refractivity contribution in [1.29, 1.82) is 0 Å². The second-order valence-electron chi connectivity index (χ2n) is 7.46. The number of nitro benzene ring substituents is 2. The number of anilines is 2. The van der Waals surface area contributed by atoms with Gasteiger partial charge in [-0.1, -0.05) is 6.07 Å². The van der Waals surface area contributed by atoms with E-state index in [-0.39, 0.29) is 34.1 Å². The van der Waals surface area contributed by atoms with Crippen molar-refractivity contribution in [1.82, 2.24) is 0 Å². The first-order chi connectivity index (χ1) is 15.8. The highest BCUT2D eigenvalue weighted by molar-refractivity contribution is 6.03. The Morgan fingerprint density at radius 2 is 1.70 bits per heavy atom. The summed E-state index contributed by atoms with van der Waals surface area (Å²) in [4.78, 5) is 36.5. The van der Waals surface area contributed by atoms with E-state index in [1.54, 1.807) is 31.2 Å². The fraction of sp³-hybridized carbons (Fsp3) is 0.227. The van der Waals surface area contributed by atoms with Gasteiger partial charge in [0.15, 0.2) is 5.76 Å². The van der Waals surface area contributed by atoms with E-state index in [0.717, 1.165) is 5.56 Å². The van der Waals surface area contributed by atoms with Crippen molar-refractivity contribution in [3.8, 4) is 11.3 Å². The highest BCUT2D eigenvalue weighted by Crippen LogP contribution is 2.34. The number of aryl methyl sites for hydroxylation is 1. The van der Waals surface area contributed by atoms with Gasteiger partial charge in [-0.15, -0.1) is 0 Å². The maximum atomic E-state index is 12.7. The van der Waals surface area contributed by atoms with Gasteiger partial charge in [-0.25, -0.2) is 0 Å². The van der Waals surface area contributed by atoms with Crippen molar-refractivity contribution in [3.05, 3.63) is 80.1 Å². The number of nitrogens with zero attached hydrogens (tertiary/aromatic N) is 3. The monoisotopic (exact) mass is 452 g/mol. The summed E-state index contributed by atoms with van der Waals surface area (Å²) in [6.07, 6.45) is 0. The second-order valence-corrected chi connectivity index (χ2v) is 7.46. The molecule has 0 unspecified atom stereocenters. The lowest BCUT2D eigenvalue weighted by atomic mass is 10.1. The predicted molar refractivity (Wildman–Crippen MR) is 120 cm³/mol. The smallest absolute Gasteiger partial charge is 0.294 e. The number of furan rings is 1. The number of amides is 1. The first-order valence-corrected chi connectivity index (χ1v) is 10.1. The second kappa shape index (κ2) is 9.09. The maximum absolute atomic E-state index is 12.7. The zero-order valence-corrected chi connectivity index (χ0v) is 17.6. The number of nitrogens with one attached hydrogen (secondary N) is 1. The topological polar surface area (TPSA) is 141 Å². The standard InChI is InChI=1S/C22H20N4O7/c1-14-2-4-16(18(12-14)25(28)29)20-6-7-21(33-20)22(27)23-15-3-5-17(19(13-15)26(30)31)24-8-10-32-11-9-24/h2-7,12-13H,8-11H2,1H3,(H,23,27). The first-order valence-electron chi connectivity index (χ1n) is 10.1. The molecule has 1 aliphatic heterocycles. The number of morpholine rings is 1. The Morgan fingerprint density at radius 1 is 0.970 bits per heavy atom. The molecular formula is C22H20N4O7. The van der Waals surface area contributed by atoms with E-state index >= 15 is 0 Å². The summed E-state index contributed by atoms with van der Waals surface area (Å²) in [7, 11) is 0. The van der Waals surface area contributed by atoms with Gasteiger partial charge in [0.25, 0.3) is 17.3 Å². The Bertz CT molecular complexity index is 1230. The Balaban J connectivity index is 1.56. The van der Waals surface area contributed by atoms with Gasteiger partial charge in [0, 0.05) is 30.9 Å². The fourth-order valence-corrected chi connectivity index (χ4v) is 3.62. The molecule has 2 heterocycles. The van der Waals surface area contributed by atoms with Gasteiger partial charge in [0.2, 0.25) is 0 Å². The Labute approximate surface area is 187 Å². The third-order valence-electron chi connectivity index (χ3n) is 5.23. The average Bonchev–Trinajstić information content (AvgIpc) is 3.30. The zero-order chi connectivity index (χ0) is 23.5. The largest absolute Gasteiger partial charge is 0.451 e. The van der Waals surface area contributed by atoms with Crippen molar-refractivity contribution in [2.24, 2.45) is 0 Å². The van der Waals surface area contributed by atoms with E-state index in [1.807, 2.05) is 4.90 Å². The van der Waals surface area contributed by atoms with Crippen LogP contribution in [0.25, 0.3) is 11.3 Å². The van der Waals surface area contributed by atoms with Gasteiger partial charge in [-0.3, -0.25) is 25.0 Å². The summed E-state index contributed by atoms with van der Waals surface area (Å²) in [5.41, 5.74) is 1.37. The lowest BCUT2D eigenvalue weighted by Crippen LogP contribution is -2.36. The highest BCUT2D eigenvalue weighted by atomic mass is 16.6. The summed E-state index contributed by atoms with van der Waals surface area (Å²) in [6, 6.07) is 12.0. The molecule has 2 aromatic carbocycles. The maximum Gasteiger partial charge on any atom is 0.294 e. The molecule has 0 spiro atoms. The van der Waals surface area contributed by atoms with Crippen LogP contribution < -0.4 is 10.2 Å². The Kier molecular flexibility index (Phi) is 6.05. The molecule has 1 amide bonds. The minimum absolute atomic E-state index is 0.0835. The number of carbonyl (C=O) groups excluding carboxylic acids is 1. The number of rotatable bonds is 6. The summed E-state index contributed by atoms with van der Waals surface area (Å²) in [5, 5.41) is 25.6. The van der Waals surface area contributed by atoms with Crippen molar-refractivity contribution in [2.75, 3.05) is 36.5 Å².